The number of aromatic nitrogens is 1. The number of nitrogens with one attached hydrogen (secondary N) is 2. The summed E-state index contributed by atoms with van der Waals surface area (Å²) in [6, 6.07) is 8.47. The van der Waals surface area contributed by atoms with Crippen molar-refractivity contribution in [2.24, 2.45) is 16.6 Å². The maximum Gasteiger partial charge on any atom is 0.308 e. The van der Waals surface area contributed by atoms with Gasteiger partial charge in [-0.05, 0) is 56.3 Å². The van der Waals surface area contributed by atoms with Crippen LogP contribution in [0.1, 0.15) is 36.6 Å². The molecule has 3 unspecified atom stereocenters. The van der Waals surface area contributed by atoms with Gasteiger partial charge < -0.3 is 30.7 Å². The minimum absolute atomic E-state index is 0.115. The normalized spacial score (nSPS) is 20.2. The average Bonchev–Trinajstić information content (AvgIpc) is 3.58. The Hall–Kier alpha value is -4.78. The topological polar surface area (TPSA) is 166 Å². The lowest BCUT2D eigenvalue weighted by Gasteiger charge is -2.24. The van der Waals surface area contributed by atoms with Crippen molar-refractivity contribution in [1.29, 1.82) is 5.41 Å². The third-order valence-electron chi connectivity index (χ3n) is 7.10. The molecule has 11 nitrogen and oxygen atoms in total. The first-order chi connectivity index (χ1) is 19.6. The van der Waals surface area contributed by atoms with Gasteiger partial charge in [0, 0.05) is 35.6 Å². The SMILES string of the molecule is CN1CC=NC1c1cc(NC2CCCC2C(=O)O)ccc1Oc1c(F)cnc(Oc2cc(C(=N)N)ccc2O)c1F. The molecule has 0 saturated heterocycles. The van der Waals surface area contributed by atoms with E-state index >= 15 is 4.39 Å². The third kappa shape index (κ3) is 5.75. The van der Waals surface area contributed by atoms with E-state index in [9.17, 15) is 19.4 Å². The Bertz CT molecular complexity index is 1530. The Morgan fingerprint density at radius 2 is 1.98 bits per heavy atom. The second-order valence-electron chi connectivity index (χ2n) is 9.88. The number of halogens is 2. The molecule has 214 valence electrons. The third-order valence-corrected chi connectivity index (χ3v) is 7.10. The Labute approximate surface area is 233 Å². The number of carboxylic acids is 1. The van der Waals surface area contributed by atoms with E-state index in [0.29, 0.717) is 30.6 Å². The molecule has 41 heavy (non-hydrogen) atoms. The van der Waals surface area contributed by atoms with E-state index in [1.165, 1.54) is 24.3 Å². The summed E-state index contributed by atoms with van der Waals surface area (Å²) in [4.78, 5) is 21.7. The van der Waals surface area contributed by atoms with Gasteiger partial charge in [-0.25, -0.2) is 9.37 Å². The molecule has 0 bridgehead atoms. The van der Waals surface area contributed by atoms with Gasteiger partial charge in [0.2, 0.25) is 11.6 Å². The number of aliphatic carboxylic acids is 1. The molecule has 1 aliphatic carbocycles. The Balaban J connectivity index is 1.47. The summed E-state index contributed by atoms with van der Waals surface area (Å²) in [6.07, 6.45) is 4.00. The number of pyridine rings is 1. The molecule has 1 fully saturated rings. The number of ether oxygens (including phenoxy) is 2. The van der Waals surface area contributed by atoms with Crippen molar-refractivity contribution in [2.45, 2.75) is 31.5 Å². The summed E-state index contributed by atoms with van der Waals surface area (Å²) in [5, 5.41) is 30.5. The molecule has 6 N–H and O–H groups in total. The fourth-order valence-electron chi connectivity index (χ4n) is 4.96. The van der Waals surface area contributed by atoms with Crippen molar-refractivity contribution in [3.63, 3.8) is 0 Å². The molecular weight excluding hydrogens is 538 g/mol. The highest BCUT2D eigenvalue weighted by Gasteiger charge is 2.33. The van der Waals surface area contributed by atoms with E-state index in [1.54, 1.807) is 18.3 Å². The number of carboxylic acid groups (broad SMARTS) is 1. The summed E-state index contributed by atoms with van der Waals surface area (Å²) < 4.78 is 41.6. The standard InChI is InChI=1S/C28H28F2N6O5/c1-36-10-9-33-26(36)17-12-15(35-19-4-2-3-16(19)28(38)39)6-8-21(17)40-24-18(29)13-34-27(23(24)30)41-22-11-14(25(31)32)5-7-20(22)37/h5-9,11-13,16,19,26,35,37H,2-4,10H2,1H3,(H3,31,32)(H,38,39). The number of rotatable bonds is 9. The van der Waals surface area contributed by atoms with Gasteiger partial charge in [-0.1, -0.05) is 6.42 Å². The molecule has 1 aromatic heterocycles. The maximum atomic E-state index is 15.5. The highest BCUT2D eigenvalue weighted by Crippen LogP contribution is 2.41. The smallest absolute Gasteiger partial charge is 0.308 e. The molecule has 2 aliphatic rings. The van der Waals surface area contributed by atoms with Crippen molar-refractivity contribution in [3.05, 3.63) is 65.4 Å². The van der Waals surface area contributed by atoms with Gasteiger partial charge in [-0.15, -0.1) is 0 Å². The number of phenolic OH excluding ortho intramolecular Hbond substituents is 1. The summed E-state index contributed by atoms with van der Waals surface area (Å²) in [7, 11) is 1.83. The lowest BCUT2D eigenvalue weighted by atomic mass is 10.0. The van der Waals surface area contributed by atoms with Crippen LogP contribution in [-0.4, -0.2) is 57.8 Å². The van der Waals surface area contributed by atoms with Gasteiger partial charge in [0.15, 0.2) is 17.3 Å². The first kappa shape index (κ1) is 27.8. The minimum atomic E-state index is -1.26. The fourth-order valence-corrected chi connectivity index (χ4v) is 4.96. The molecule has 0 amide bonds. The number of hydrogen-bond acceptors (Lipinski definition) is 9. The molecule has 0 spiro atoms. The van der Waals surface area contributed by atoms with E-state index < -0.39 is 41.3 Å². The number of nitrogens with two attached hydrogens (primary N) is 1. The number of aliphatic imine (C=N–C) groups is 1. The van der Waals surface area contributed by atoms with Gasteiger partial charge in [0.05, 0.1) is 12.1 Å². The van der Waals surface area contributed by atoms with Crippen LogP contribution in [0.2, 0.25) is 0 Å². The first-order valence-corrected chi connectivity index (χ1v) is 12.8. The first-order valence-electron chi connectivity index (χ1n) is 12.8. The van der Waals surface area contributed by atoms with Gasteiger partial charge in [-0.3, -0.25) is 20.1 Å². The molecule has 3 aromatic rings. The Kier molecular flexibility index (Phi) is 7.70. The van der Waals surface area contributed by atoms with E-state index in [-0.39, 0.29) is 34.7 Å². The van der Waals surface area contributed by atoms with Gasteiger partial charge >= 0.3 is 5.97 Å². The summed E-state index contributed by atoms with van der Waals surface area (Å²) in [6.45, 7) is 0.546. The molecule has 5 rings (SSSR count). The predicted molar refractivity (Wildman–Crippen MR) is 146 cm³/mol. The maximum absolute atomic E-state index is 15.5. The molecule has 13 heteroatoms. The molecule has 1 saturated carbocycles. The fraction of sp³-hybridized carbons (Fsp3) is 0.286. The number of nitrogens with zero attached hydrogens (tertiary/aromatic N) is 3. The molecule has 2 heterocycles. The molecule has 3 atom stereocenters. The van der Waals surface area contributed by atoms with Crippen LogP contribution < -0.4 is 20.5 Å². The zero-order valence-corrected chi connectivity index (χ0v) is 22.0. The molecule has 2 aromatic carbocycles. The van der Waals surface area contributed by atoms with Crippen LogP contribution >= 0.6 is 0 Å². The second kappa shape index (κ2) is 11.4. The van der Waals surface area contributed by atoms with Crippen molar-refractivity contribution in [2.75, 3.05) is 18.9 Å². The van der Waals surface area contributed by atoms with Crippen molar-refractivity contribution in [1.82, 2.24) is 9.88 Å². The highest BCUT2D eigenvalue weighted by molar-refractivity contribution is 5.95. The summed E-state index contributed by atoms with van der Waals surface area (Å²) >= 11 is 0. The number of nitrogen functional groups attached to an aromatic ring is 1. The number of carbonyl (C=O) groups is 1. The second-order valence-corrected chi connectivity index (χ2v) is 9.88. The number of aromatic hydroxyl groups is 1. The van der Waals surface area contributed by atoms with Crippen molar-refractivity contribution < 1.29 is 33.3 Å². The van der Waals surface area contributed by atoms with E-state index in [1.807, 2.05) is 11.9 Å². The average molecular weight is 567 g/mol. The van der Waals surface area contributed by atoms with Crippen LogP contribution in [0.15, 0.2) is 47.6 Å². The van der Waals surface area contributed by atoms with E-state index in [2.05, 4.69) is 15.3 Å². The number of phenols is 1. The highest BCUT2D eigenvalue weighted by atomic mass is 19.1. The van der Waals surface area contributed by atoms with Crippen LogP contribution in [0.25, 0.3) is 0 Å². The number of amidine groups is 1. The predicted octanol–water partition coefficient (Wildman–Crippen LogP) is 4.61. The van der Waals surface area contributed by atoms with Crippen LogP contribution in [0.4, 0.5) is 14.5 Å². The Morgan fingerprint density at radius 3 is 2.68 bits per heavy atom. The molecule has 1 aliphatic heterocycles. The summed E-state index contributed by atoms with van der Waals surface area (Å²) in [5.41, 5.74) is 6.82. The van der Waals surface area contributed by atoms with E-state index in [0.717, 1.165) is 12.6 Å². The van der Waals surface area contributed by atoms with Crippen LogP contribution in [0.3, 0.4) is 0 Å². The monoisotopic (exact) mass is 566 g/mol. The minimum Gasteiger partial charge on any atom is -0.504 e. The van der Waals surface area contributed by atoms with Gasteiger partial charge in [-0.2, -0.15) is 4.39 Å². The quantitative estimate of drug-likeness (QED) is 0.184. The zero-order valence-electron chi connectivity index (χ0n) is 22.0. The molecular formula is C28H28F2N6O5. The number of hydrogen-bond donors (Lipinski definition) is 5. The Morgan fingerprint density at radius 1 is 1.17 bits per heavy atom. The lowest BCUT2D eigenvalue weighted by molar-refractivity contribution is -0.141. The van der Waals surface area contributed by atoms with Gasteiger partial charge in [0.1, 0.15) is 17.8 Å². The molecule has 0 radical (unpaired) electrons. The van der Waals surface area contributed by atoms with E-state index in [4.69, 9.17) is 20.6 Å². The number of anilines is 1. The number of benzene rings is 2. The van der Waals surface area contributed by atoms with Crippen LogP contribution in [0.5, 0.6) is 28.9 Å². The zero-order chi connectivity index (χ0) is 29.3. The van der Waals surface area contributed by atoms with Crippen LogP contribution in [0, 0.1) is 23.0 Å². The van der Waals surface area contributed by atoms with Crippen LogP contribution in [-0.2, 0) is 4.79 Å². The van der Waals surface area contributed by atoms with Gasteiger partial charge in [0.25, 0.3) is 5.88 Å². The summed E-state index contributed by atoms with van der Waals surface area (Å²) in [5.74, 6) is -5.99. The van der Waals surface area contributed by atoms with Crippen molar-refractivity contribution in [3.8, 4) is 28.9 Å². The van der Waals surface area contributed by atoms with Crippen molar-refractivity contribution >= 4 is 23.7 Å². The lowest BCUT2D eigenvalue weighted by Crippen LogP contribution is -2.29. The largest absolute Gasteiger partial charge is 0.504 e.